The molecular formula is C37H8ClF15N4O2S. The van der Waals surface area contributed by atoms with Gasteiger partial charge in [0.15, 0.2) is 69.8 Å². The lowest BCUT2D eigenvalue weighted by atomic mass is 9.96. The van der Waals surface area contributed by atoms with Crippen LogP contribution in [0.5, 0.6) is 0 Å². The van der Waals surface area contributed by atoms with Crippen molar-refractivity contribution in [2.75, 3.05) is 0 Å². The van der Waals surface area contributed by atoms with Crippen LogP contribution in [0.2, 0.25) is 0 Å². The molecule has 0 aliphatic carbocycles. The number of nitrogens with zero attached hydrogens (tertiary/aromatic N) is 3. The van der Waals surface area contributed by atoms with E-state index in [9.17, 15) is 47.9 Å². The fourth-order valence-electron chi connectivity index (χ4n) is 6.52. The van der Waals surface area contributed by atoms with Crippen LogP contribution in [0.4, 0.5) is 65.9 Å². The average molecular weight is 893 g/mol. The summed E-state index contributed by atoms with van der Waals surface area (Å²) in [7, 11) is 0.560. The summed E-state index contributed by atoms with van der Waals surface area (Å²) in [6, 6.07) is 0.465. The summed E-state index contributed by atoms with van der Waals surface area (Å²) in [5, 5.41) is 0. The molecular weight excluding hydrogens is 885 g/mol. The third-order valence-corrected chi connectivity index (χ3v) is 10.5. The van der Waals surface area contributed by atoms with Crippen molar-refractivity contribution in [3.05, 3.63) is 175 Å². The van der Waals surface area contributed by atoms with Gasteiger partial charge in [0.1, 0.15) is 4.90 Å². The maximum atomic E-state index is 15.6. The van der Waals surface area contributed by atoms with Gasteiger partial charge in [-0.2, -0.15) is 0 Å². The Hall–Kier alpha value is -6.42. The highest BCUT2D eigenvalue weighted by atomic mass is 35.7. The first-order valence-electron chi connectivity index (χ1n) is 15.9. The SMILES string of the molecule is O=S(=O)(Cl)c1cc2[nH]c1C1=NC(=C(c3c(F)c(F)c(F)c(F)c3F)C3=NC(=C(c4c(F)c(F)c(F)c(F)c4F)C4=NC(=C2c2c(F)c(F)c(F)c(F)c2F)C=C4)C=C3)C=C1. The molecule has 23 heteroatoms. The normalized spacial score (nSPS) is 16.0. The van der Waals surface area contributed by atoms with Gasteiger partial charge in [0, 0.05) is 27.4 Å². The first-order chi connectivity index (χ1) is 28.1. The van der Waals surface area contributed by atoms with Crippen LogP contribution in [0.25, 0.3) is 16.7 Å². The van der Waals surface area contributed by atoms with Crippen LogP contribution >= 0.6 is 10.7 Å². The van der Waals surface area contributed by atoms with Gasteiger partial charge in [-0.1, -0.05) is 0 Å². The molecule has 60 heavy (non-hydrogen) atoms. The van der Waals surface area contributed by atoms with Crippen molar-refractivity contribution in [2.45, 2.75) is 4.90 Å². The predicted octanol–water partition coefficient (Wildman–Crippen LogP) is 10.0. The molecule has 1 aromatic heterocycles. The van der Waals surface area contributed by atoms with Gasteiger partial charge >= 0.3 is 0 Å². The van der Waals surface area contributed by atoms with Crippen LogP contribution in [0.15, 0.2) is 79.5 Å². The molecule has 6 nitrogen and oxygen atoms in total. The van der Waals surface area contributed by atoms with Crippen molar-refractivity contribution < 1.29 is 74.3 Å². The largest absolute Gasteiger partial charge is 0.352 e. The Morgan fingerprint density at radius 1 is 0.400 bits per heavy atom. The molecule has 0 spiro atoms. The second-order valence-corrected chi connectivity index (χ2v) is 15.0. The Morgan fingerprint density at radius 2 is 0.683 bits per heavy atom. The maximum Gasteiger partial charge on any atom is 0.263 e. The summed E-state index contributed by atoms with van der Waals surface area (Å²) in [5.74, 6) is -38.5. The molecule has 1 N–H and O–H groups in total. The van der Waals surface area contributed by atoms with Crippen LogP contribution < -0.4 is 0 Å². The first kappa shape index (κ1) is 40.4. The number of allylic oxidation sites excluding steroid dienone is 8. The third kappa shape index (κ3) is 5.82. The lowest BCUT2D eigenvalue weighted by Gasteiger charge is -2.14. The van der Waals surface area contributed by atoms with E-state index in [1.54, 1.807) is 0 Å². The van der Waals surface area contributed by atoms with Crippen molar-refractivity contribution in [2.24, 2.45) is 15.0 Å². The number of aromatic nitrogens is 1. The summed E-state index contributed by atoms with van der Waals surface area (Å²) in [6.07, 6.45) is 4.31. The molecule has 0 amide bonds. The molecule has 0 unspecified atom stereocenters. The Kier molecular flexibility index (Phi) is 9.30. The fraction of sp³-hybridized carbons (Fsp3) is 0. The summed E-state index contributed by atoms with van der Waals surface area (Å²) < 4.78 is 250. The molecule has 3 aromatic carbocycles. The number of benzene rings is 3. The number of aliphatic imine (C=N–C) groups is 3. The van der Waals surface area contributed by atoms with Crippen molar-refractivity contribution in [3.8, 4) is 0 Å². The zero-order chi connectivity index (χ0) is 43.6. The smallest absolute Gasteiger partial charge is 0.263 e. The van der Waals surface area contributed by atoms with Crippen LogP contribution in [-0.2, 0) is 9.05 Å². The Morgan fingerprint density at radius 3 is 1.03 bits per heavy atom. The summed E-state index contributed by atoms with van der Waals surface area (Å²) in [6.45, 7) is 0. The topological polar surface area (TPSA) is 87.0 Å². The number of aromatic amines is 1. The summed E-state index contributed by atoms with van der Waals surface area (Å²) in [4.78, 5) is 13.1. The van der Waals surface area contributed by atoms with Gasteiger partial charge in [-0.15, -0.1) is 0 Å². The monoisotopic (exact) mass is 892 g/mol. The van der Waals surface area contributed by atoms with Gasteiger partial charge in [-0.05, 0) is 42.5 Å². The van der Waals surface area contributed by atoms with E-state index in [0.29, 0.717) is 30.4 Å². The fourth-order valence-corrected chi connectivity index (χ4v) is 7.55. The highest BCUT2D eigenvalue weighted by molar-refractivity contribution is 8.13. The van der Waals surface area contributed by atoms with E-state index in [1.807, 2.05) is 0 Å². The number of nitrogens with one attached hydrogen (secondary N) is 1. The molecule has 8 bridgehead atoms. The maximum absolute atomic E-state index is 15.6. The highest BCUT2D eigenvalue weighted by Gasteiger charge is 2.38. The third-order valence-electron chi connectivity index (χ3n) is 9.15. The van der Waals surface area contributed by atoms with Gasteiger partial charge in [0.2, 0.25) is 17.5 Å². The summed E-state index contributed by atoms with van der Waals surface area (Å²) in [5.41, 5.74) is -15.9. The minimum atomic E-state index is -5.09. The molecule has 0 saturated carbocycles. The van der Waals surface area contributed by atoms with Crippen molar-refractivity contribution in [1.29, 1.82) is 0 Å². The lowest BCUT2D eigenvalue weighted by Crippen LogP contribution is -2.12. The quantitative estimate of drug-likeness (QED) is 0.0958. The van der Waals surface area contributed by atoms with E-state index in [1.165, 1.54) is 0 Å². The number of hydrogen-bond acceptors (Lipinski definition) is 5. The number of halogens is 16. The van der Waals surface area contributed by atoms with Gasteiger partial charge in [0.05, 0.1) is 62.3 Å². The molecule has 5 heterocycles. The number of fused-ring (bicyclic) bond motifs is 6. The van der Waals surface area contributed by atoms with Gasteiger partial charge in [-0.3, -0.25) is 0 Å². The zero-order valence-corrected chi connectivity index (χ0v) is 29.7. The van der Waals surface area contributed by atoms with Crippen LogP contribution in [0.1, 0.15) is 28.1 Å². The number of rotatable bonds is 4. The van der Waals surface area contributed by atoms with E-state index in [2.05, 4.69) is 20.0 Å². The zero-order valence-electron chi connectivity index (χ0n) is 28.2. The first-order valence-corrected chi connectivity index (χ1v) is 18.2. The molecule has 0 atom stereocenters. The molecule has 4 aliphatic heterocycles. The molecule has 0 saturated heterocycles. The van der Waals surface area contributed by atoms with Crippen molar-refractivity contribution >= 4 is 53.6 Å². The predicted molar refractivity (Wildman–Crippen MR) is 181 cm³/mol. The van der Waals surface area contributed by atoms with Crippen LogP contribution in [-0.4, -0.2) is 30.5 Å². The molecule has 4 aromatic rings. The standard InChI is InChI=1S/C37H8ClF15N4O2S/c38-60(58,59)15-7-14-18(21-26(43)32(49)36(53)33(50)27(21)44)12-4-3-9(55-12)16(19-22(39)28(45)34(51)29(46)23(19)40)8-1-2-10(54-8)17(11-5-6-13(56-11)37(15)57-14)20-24(41)30(47)35(52)31(48)25(20)42/h1-7,57H. The van der Waals surface area contributed by atoms with Crippen LogP contribution in [0.3, 0.4) is 0 Å². The van der Waals surface area contributed by atoms with E-state index in [-0.39, 0.29) is 0 Å². The molecule has 0 radical (unpaired) electrons. The van der Waals surface area contributed by atoms with Crippen LogP contribution in [0, 0.1) is 87.3 Å². The second-order valence-electron chi connectivity index (χ2n) is 12.5. The summed E-state index contributed by atoms with van der Waals surface area (Å²) >= 11 is 0. The average Bonchev–Trinajstić information content (AvgIpc) is 4.05. The van der Waals surface area contributed by atoms with Gasteiger partial charge in [-0.25, -0.2) is 89.3 Å². The van der Waals surface area contributed by atoms with Crippen molar-refractivity contribution in [1.82, 2.24) is 4.98 Å². The Labute approximate surface area is 327 Å². The molecule has 8 rings (SSSR count). The van der Waals surface area contributed by atoms with Crippen molar-refractivity contribution in [3.63, 3.8) is 0 Å². The molecule has 4 aliphatic rings. The minimum absolute atomic E-state index is 0.465. The van der Waals surface area contributed by atoms with Gasteiger partial charge in [0.25, 0.3) is 9.05 Å². The van der Waals surface area contributed by atoms with Gasteiger partial charge < -0.3 is 4.98 Å². The number of H-pyrrole nitrogens is 1. The second kappa shape index (κ2) is 13.8. The Balaban J connectivity index is 1.59. The van der Waals surface area contributed by atoms with E-state index >= 15 is 26.3 Å². The minimum Gasteiger partial charge on any atom is -0.352 e. The lowest BCUT2D eigenvalue weighted by molar-refractivity contribution is 0.376. The molecule has 306 valence electrons. The van der Waals surface area contributed by atoms with E-state index < -0.39 is 180 Å². The Bertz CT molecular complexity index is 3090. The highest BCUT2D eigenvalue weighted by Crippen LogP contribution is 2.43. The van der Waals surface area contributed by atoms with E-state index in [4.69, 9.17) is 10.7 Å². The molecule has 0 fully saturated rings. The van der Waals surface area contributed by atoms with E-state index in [0.717, 1.165) is 12.2 Å². The number of hydrogen-bond donors (Lipinski definition) is 1.